The molecule has 1 N–H and O–H groups in total. The van der Waals surface area contributed by atoms with Crippen molar-refractivity contribution in [1.29, 1.82) is 0 Å². The van der Waals surface area contributed by atoms with Gasteiger partial charge < -0.3 is 5.32 Å². The molecular weight excluding hydrogens is 280 g/mol. The van der Waals surface area contributed by atoms with Crippen molar-refractivity contribution in [2.75, 3.05) is 6.54 Å². The molecule has 0 spiro atoms. The van der Waals surface area contributed by atoms with Crippen molar-refractivity contribution in [1.82, 2.24) is 20.3 Å². The van der Waals surface area contributed by atoms with Crippen molar-refractivity contribution in [3.63, 3.8) is 0 Å². The predicted octanol–water partition coefficient (Wildman–Crippen LogP) is 2.29. The zero-order valence-corrected chi connectivity index (χ0v) is 12.2. The summed E-state index contributed by atoms with van der Waals surface area (Å²) in [6.45, 7) is 3.35. The topological polar surface area (TPSA) is 42.7 Å². The quantitative estimate of drug-likeness (QED) is 0.840. The van der Waals surface area contributed by atoms with E-state index in [9.17, 15) is 0 Å². The van der Waals surface area contributed by atoms with Gasteiger partial charge in [-0.05, 0) is 60.5 Å². The fourth-order valence-corrected chi connectivity index (χ4v) is 2.77. The van der Waals surface area contributed by atoms with Crippen LogP contribution in [-0.2, 0) is 13.5 Å². The van der Waals surface area contributed by atoms with Gasteiger partial charge in [-0.2, -0.15) is 0 Å². The number of nitrogens with zero attached hydrogens (tertiary/aromatic N) is 3. The first-order valence-corrected chi connectivity index (χ1v) is 7.29. The van der Waals surface area contributed by atoms with Crippen LogP contribution in [0.25, 0.3) is 0 Å². The van der Waals surface area contributed by atoms with Crippen LogP contribution in [0, 0.1) is 5.92 Å². The number of aryl methyl sites for hydroxylation is 1. The highest BCUT2D eigenvalue weighted by atomic mass is 79.9. The fraction of sp³-hybridized carbons (Fsp3) is 0.833. The highest BCUT2D eigenvalue weighted by Crippen LogP contribution is 2.34. The van der Waals surface area contributed by atoms with Crippen LogP contribution in [0.5, 0.6) is 0 Å². The van der Waals surface area contributed by atoms with Crippen LogP contribution in [0.2, 0.25) is 0 Å². The Kier molecular flexibility index (Phi) is 4.56. The molecule has 0 amide bonds. The van der Waals surface area contributed by atoms with Crippen LogP contribution < -0.4 is 5.32 Å². The predicted molar refractivity (Wildman–Crippen MR) is 71.8 cm³/mol. The van der Waals surface area contributed by atoms with Crippen molar-refractivity contribution in [3.8, 4) is 0 Å². The standard InChI is InChI=1S/C12H21BrN4/c1-3-8-14-10(9-4-5-9)6-7-11-12(13)15-16-17(11)2/h9-10,14H,3-8H2,1-2H3. The second kappa shape index (κ2) is 5.96. The molecule has 5 heteroatoms. The molecule has 1 unspecified atom stereocenters. The Morgan fingerprint density at radius 1 is 1.53 bits per heavy atom. The number of hydrogen-bond donors (Lipinski definition) is 1. The molecule has 0 saturated heterocycles. The van der Waals surface area contributed by atoms with E-state index in [2.05, 4.69) is 38.5 Å². The lowest BCUT2D eigenvalue weighted by Crippen LogP contribution is -2.32. The maximum atomic E-state index is 4.03. The zero-order valence-electron chi connectivity index (χ0n) is 10.6. The van der Waals surface area contributed by atoms with Crippen molar-refractivity contribution >= 4 is 15.9 Å². The lowest BCUT2D eigenvalue weighted by Gasteiger charge is -2.17. The number of nitrogens with one attached hydrogen (secondary N) is 1. The molecule has 0 bridgehead atoms. The van der Waals surface area contributed by atoms with E-state index < -0.39 is 0 Å². The number of halogens is 1. The van der Waals surface area contributed by atoms with Crippen molar-refractivity contribution < 1.29 is 0 Å². The van der Waals surface area contributed by atoms with Crippen LogP contribution in [0.15, 0.2) is 4.60 Å². The molecule has 1 heterocycles. The minimum absolute atomic E-state index is 0.678. The molecule has 1 aliphatic rings. The smallest absolute Gasteiger partial charge is 0.151 e. The molecule has 17 heavy (non-hydrogen) atoms. The lowest BCUT2D eigenvalue weighted by atomic mass is 10.1. The first-order chi connectivity index (χ1) is 8.22. The minimum atomic E-state index is 0.678. The van der Waals surface area contributed by atoms with E-state index in [1.165, 1.54) is 31.4 Å². The molecule has 4 nitrogen and oxygen atoms in total. The van der Waals surface area contributed by atoms with E-state index in [0.29, 0.717) is 6.04 Å². The molecule has 2 rings (SSSR count). The maximum absolute atomic E-state index is 4.03. The third kappa shape index (κ3) is 3.52. The first-order valence-electron chi connectivity index (χ1n) is 6.49. The van der Waals surface area contributed by atoms with E-state index in [0.717, 1.165) is 23.5 Å². The van der Waals surface area contributed by atoms with Crippen LogP contribution in [0.1, 0.15) is 38.3 Å². The van der Waals surface area contributed by atoms with Gasteiger partial charge in [0.25, 0.3) is 0 Å². The first kappa shape index (κ1) is 13.0. The number of aromatic nitrogens is 3. The summed E-state index contributed by atoms with van der Waals surface area (Å²) < 4.78 is 2.76. The van der Waals surface area contributed by atoms with Crippen molar-refractivity contribution in [2.24, 2.45) is 13.0 Å². The third-order valence-corrected chi connectivity index (χ3v) is 4.05. The third-order valence-electron chi connectivity index (χ3n) is 3.44. The van der Waals surface area contributed by atoms with Gasteiger partial charge >= 0.3 is 0 Å². The van der Waals surface area contributed by atoms with Gasteiger partial charge in [-0.25, -0.2) is 0 Å². The summed E-state index contributed by atoms with van der Waals surface area (Å²) in [6, 6.07) is 0.678. The molecular formula is C12H21BrN4. The molecule has 96 valence electrons. The summed E-state index contributed by atoms with van der Waals surface area (Å²) in [4.78, 5) is 0. The summed E-state index contributed by atoms with van der Waals surface area (Å²) in [5.41, 5.74) is 1.20. The Balaban J connectivity index is 1.86. The monoisotopic (exact) mass is 300 g/mol. The van der Waals surface area contributed by atoms with Crippen molar-refractivity contribution in [2.45, 2.75) is 45.1 Å². The SMILES string of the molecule is CCCNC(CCc1c(Br)nnn1C)C1CC1. The molecule has 0 radical (unpaired) electrons. The van der Waals surface area contributed by atoms with Gasteiger partial charge in [0.05, 0.1) is 5.69 Å². The van der Waals surface area contributed by atoms with E-state index in [1.54, 1.807) is 0 Å². The normalized spacial score (nSPS) is 17.4. The van der Waals surface area contributed by atoms with Gasteiger partial charge in [0.1, 0.15) is 0 Å². The molecule has 0 aliphatic heterocycles. The maximum Gasteiger partial charge on any atom is 0.151 e. The van der Waals surface area contributed by atoms with Gasteiger partial charge in [0, 0.05) is 13.1 Å². The Hall–Kier alpha value is -0.420. The Labute approximate surface area is 111 Å². The van der Waals surface area contributed by atoms with Crippen LogP contribution >= 0.6 is 15.9 Å². The largest absolute Gasteiger partial charge is 0.314 e. The summed E-state index contributed by atoms with van der Waals surface area (Å²) in [6.07, 6.45) is 6.23. The lowest BCUT2D eigenvalue weighted by molar-refractivity contribution is 0.431. The van der Waals surface area contributed by atoms with Crippen LogP contribution in [-0.4, -0.2) is 27.6 Å². The molecule has 0 aromatic carbocycles. The Morgan fingerprint density at radius 2 is 2.29 bits per heavy atom. The molecule has 1 fully saturated rings. The summed E-state index contributed by atoms with van der Waals surface area (Å²) in [5, 5.41) is 11.7. The minimum Gasteiger partial charge on any atom is -0.314 e. The summed E-state index contributed by atoms with van der Waals surface area (Å²) >= 11 is 3.46. The van der Waals surface area contributed by atoms with Crippen molar-refractivity contribution in [3.05, 3.63) is 10.3 Å². The zero-order chi connectivity index (χ0) is 12.3. The molecule has 1 atom stereocenters. The van der Waals surface area contributed by atoms with Gasteiger partial charge in [-0.1, -0.05) is 12.1 Å². The summed E-state index contributed by atoms with van der Waals surface area (Å²) in [7, 11) is 1.96. The molecule has 1 aliphatic carbocycles. The average molecular weight is 301 g/mol. The van der Waals surface area contributed by atoms with Gasteiger partial charge in [-0.3, -0.25) is 4.68 Å². The van der Waals surface area contributed by atoms with Gasteiger partial charge in [0.15, 0.2) is 4.60 Å². The highest BCUT2D eigenvalue weighted by Gasteiger charge is 2.30. The van der Waals surface area contributed by atoms with Gasteiger partial charge in [0.2, 0.25) is 0 Å². The molecule has 1 saturated carbocycles. The molecule has 1 aromatic heterocycles. The Bertz CT molecular complexity index is 340. The number of rotatable bonds is 7. The highest BCUT2D eigenvalue weighted by molar-refractivity contribution is 9.10. The Morgan fingerprint density at radius 3 is 2.82 bits per heavy atom. The van der Waals surface area contributed by atoms with Crippen LogP contribution in [0.4, 0.5) is 0 Å². The van der Waals surface area contributed by atoms with E-state index in [4.69, 9.17) is 0 Å². The van der Waals surface area contributed by atoms with E-state index in [1.807, 2.05) is 11.7 Å². The fourth-order valence-electron chi connectivity index (χ4n) is 2.24. The second-order valence-corrected chi connectivity index (χ2v) is 5.64. The second-order valence-electron chi connectivity index (χ2n) is 4.89. The van der Waals surface area contributed by atoms with E-state index in [-0.39, 0.29) is 0 Å². The summed E-state index contributed by atoms with van der Waals surface area (Å²) in [5.74, 6) is 0.904. The van der Waals surface area contributed by atoms with E-state index >= 15 is 0 Å². The average Bonchev–Trinajstić information content (AvgIpc) is 3.10. The number of hydrogen-bond acceptors (Lipinski definition) is 3. The van der Waals surface area contributed by atoms with Gasteiger partial charge in [-0.15, -0.1) is 5.10 Å². The molecule has 1 aromatic rings. The van der Waals surface area contributed by atoms with Crippen LogP contribution in [0.3, 0.4) is 0 Å².